The molecule has 0 aromatic rings. The van der Waals surface area contributed by atoms with Gasteiger partial charge in [0.2, 0.25) is 0 Å². The minimum Gasteiger partial charge on any atom is -0.550 e. The molecule has 7 nitrogen and oxygen atoms in total. The summed E-state index contributed by atoms with van der Waals surface area (Å²) in [4.78, 5) is 9.81. The van der Waals surface area contributed by atoms with Crippen LogP contribution in [0, 0.1) is 0 Å². The number of carbonyl (C=O) groups is 1. The van der Waals surface area contributed by atoms with Crippen molar-refractivity contribution in [2.24, 2.45) is 0 Å². The van der Waals surface area contributed by atoms with E-state index in [4.69, 9.17) is 18.9 Å². The van der Waals surface area contributed by atoms with E-state index >= 15 is 0 Å². The molecule has 0 spiro atoms. The molecule has 8 heteroatoms. The smallest absolute Gasteiger partial charge is 0.0823 e. The highest BCUT2D eigenvalue weighted by atomic mass is 31.2. The van der Waals surface area contributed by atoms with Crippen molar-refractivity contribution in [1.29, 1.82) is 0 Å². The zero-order valence-corrected chi connectivity index (χ0v) is 16.8. The molecule has 0 saturated carbocycles. The van der Waals surface area contributed by atoms with E-state index in [0.717, 1.165) is 13.2 Å². The van der Waals surface area contributed by atoms with Crippen molar-refractivity contribution >= 4 is 13.2 Å². The molecule has 24 heavy (non-hydrogen) atoms. The molecular weight excluding hydrogens is 335 g/mol. The molecule has 0 radical (unpaired) electrons. The number of carbonyl (C=O) groups excluding carboxylic acids is 1. The van der Waals surface area contributed by atoms with Crippen LogP contribution >= 0.6 is 7.26 Å². The van der Waals surface area contributed by atoms with Crippen LogP contribution in [-0.2, 0) is 28.5 Å². The van der Waals surface area contributed by atoms with Gasteiger partial charge < -0.3 is 33.6 Å². The van der Waals surface area contributed by atoms with Crippen molar-refractivity contribution in [2.45, 2.75) is 6.42 Å². The third-order valence-electron chi connectivity index (χ3n) is 3.06. The van der Waals surface area contributed by atoms with Gasteiger partial charge in [0, 0.05) is 54.3 Å². The predicted molar refractivity (Wildman–Crippen MR) is 95.4 cm³/mol. The molecule has 0 amide bonds. The van der Waals surface area contributed by atoms with Crippen LogP contribution in [0.1, 0.15) is 6.42 Å². The Bertz CT molecular complexity index is 275. The van der Waals surface area contributed by atoms with Gasteiger partial charge in [0.1, 0.15) is 0 Å². The highest BCUT2D eigenvalue weighted by Gasteiger charge is 2.23. The number of ether oxygens (including phenoxy) is 5. The van der Waals surface area contributed by atoms with Crippen LogP contribution in [0.4, 0.5) is 0 Å². The maximum Gasteiger partial charge on any atom is 0.0823 e. The Morgan fingerprint density at radius 3 is 1.67 bits per heavy atom. The van der Waals surface area contributed by atoms with Gasteiger partial charge in [0.15, 0.2) is 0 Å². The Kier molecular flexibility index (Phi) is 20.6. The largest absolute Gasteiger partial charge is 0.550 e. The summed E-state index contributed by atoms with van der Waals surface area (Å²) in [6.07, 6.45) is 2.32. The molecule has 0 aromatic carbocycles. The van der Waals surface area contributed by atoms with Crippen LogP contribution in [0.2, 0.25) is 0 Å². The van der Waals surface area contributed by atoms with E-state index in [1.54, 1.807) is 21.3 Å². The summed E-state index contributed by atoms with van der Waals surface area (Å²) in [5.41, 5.74) is 0. The van der Waals surface area contributed by atoms with Crippen LogP contribution < -0.4 is 5.11 Å². The van der Waals surface area contributed by atoms with E-state index in [0.29, 0.717) is 26.4 Å². The van der Waals surface area contributed by atoms with E-state index in [9.17, 15) is 9.90 Å². The first kappa shape index (κ1) is 25.9. The zero-order valence-electron chi connectivity index (χ0n) is 15.9. The molecule has 0 rings (SSSR count). The van der Waals surface area contributed by atoms with Gasteiger partial charge in [-0.05, 0) is 0 Å². The summed E-state index contributed by atoms with van der Waals surface area (Å²) in [5.74, 6) is -1.09. The molecule has 0 fully saturated rings. The predicted octanol–water partition coefficient (Wildman–Crippen LogP) is 0.362. The quantitative estimate of drug-likeness (QED) is 0.304. The molecule has 0 aliphatic rings. The maximum absolute atomic E-state index is 9.81. The van der Waals surface area contributed by atoms with Crippen LogP contribution in [0.3, 0.4) is 0 Å². The Hall–Kier alpha value is -0.300. The average Bonchev–Trinajstić information content (AvgIpc) is 2.53. The monoisotopic (exact) mass is 370 g/mol. The van der Waals surface area contributed by atoms with Crippen LogP contribution in [0.15, 0.2) is 0 Å². The molecule has 0 atom stereocenters. The molecule has 0 unspecified atom stereocenters. The van der Waals surface area contributed by atoms with E-state index in [-0.39, 0.29) is 13.0 Å². The Morgan fingerprint density at radius 2 is 1.21 bits per heavy atom. The maximum atomic E-state index is 9.81. The molecule has 0 bridgehead atoms. The van der Waals surface area contributed by atoms with Crippen molar-refractivity contribution in [3.8, 4) is 0 Å². The second-order valence-corrected chi connectivity index (χ2v) is 10.5. The van der Waals surface area contributed by atoms with E-state index in [2.05, 4.69) is 18.1 Å². The fourth-order valence-electron chi connectivity index (χ4n) is 1.41. The Labute approximate surface area is 147 Å². The van der Waals surface area contributed by atoms with Gasteiger partial charge in [-0.2, -0.15) is 0 Å². The molecule has 0 aliphatic carbocycles. The van der Waals surface area contributed by atoms with Gasteiger partial charge >= 0.3 is 0 Å². The molecule has 146 valence electrons. The number of aliphatic carboxylic acids is 1. The van der Waals surface area contributed by atoms with E-state index in [1.165, 1.54) is 12.3 Å². The number of carboxylic acid groups (broad SMARTS) is 1. The first-order valence-electron chi connectivity index (χ1n) is 8.03. The number of hydrogen-bond acceptors (Lipinski definition) is 7. The van der Waals surface area contributed by atoms with Crippen LogP contribution in [0.5, 0.6) is 0 Å². The summed E-state index contributed by atoms with van der Waals surface area (Å²) < 4.78 is 24.9. The average molecular weight is 370 g/mol. The molecular formula is C16H35O7P. The highest BCUT2D eigenvalue weighted by Crippen LogP contribution is 2.50. The lowest BCUT2D eigenvalue weighted by Gasteiger charge is -2.17. The normalized spacial score (nSPS) is 11.0. The summed E-state index contributed by atoms with van der Waals surface area (Å²) in [7, 11) is 4.21. The lowest BCUT2D eigenvalue weighted by molar-refractivity contribution is -0.306. The molecule has 0 saturated heterocycles. The SMILES string of the molecule is COCCOCCC(=O)[O-].COCCOCC[P+](C)(C)CCOC. The summed E-state index contributed by atoms with van der Waals surface area (Å²) in [5, 5.41) is 9.81. The second kappa shape index (κ2) is 19.0. The lowest BCUT2D eigenvalue weighted by Crippen LogP contribution is -2.23. The van der Waals surface area contributed by atoms with Crippen molar-refractivity contribution in [2.75, 3.05) is 93.2 Å². The van der Waals surface area contributed by atoms with Gasteiger partial charge in [-0.1, -0.05) is 0 Å². The van der Waals surface area contributed by atoms with Gasteiger partial charge in [-0.15, -0.1) is 0 Å². The van der Waals surface area contributed by atoms with Gasteiger partial charge in [0.25, 0.3) is 0 Å². The van der Waals surface area contributed by atoms with Crippen molar-refractivity contribution in [3.63, 3.8) is 0 Å². The van der Waals surface area contributed by atoms with Crippen molar-refractivity contribution < 1.29 is 33.6 Å². The number of rotatable bonds is 15. The molecule has 0 heterocycles. The highest BCUT2D eigenvalue weighted by molar-refractivity contribution is 7.74. The molecule has 0 aromatic heterocycles. The van der Waals surface area contributed by atoms with E-state index in [1.807, 2.05) is 0 Å². The first-order chi connectivity index (χ1) is 11.4. The van der Waals surface area contributed by atoms with Gasteiger partial charge in [0.05, 0.1) is 58.6 Å². The second-order valence-electron chi connectivity index (χ2n) is 5.71. The fraction of sp³-hybridized carbons (Fsp3) is 0.938. The number of hydrogen-bond donors (Lipinski definition) is 0. The van der Waals surface area contributed by atoms with Gasteiger partial charge in [-0.25, -0.2) is 0 Å². The molecule has 0 N–H and O–H groups in total. The first-order valence-corrected chi connectivity index (χ1v) is 11.1. The summed E-state index contributed by atoms with van der Waals surface area (Å²) in [6, 6.07) is 0. The molecule has 0 aliphatic heterocycles. The third kappa shape index (κ3) is 24.0. The Morgan fingerprint density at radius 1 is 0.750 bits per heavy atom. The fourth-order valence-corrected chi connectivity index (χ4v) is 2.93. The van der Waals surface area contributed by atoms with Crippen LogP contribution in [0.25, 0.3) is 0 Å². The number of carboxylic acids is 1. The van der Waals surface area contributed by atoms with Crippen LogP contribution in [-0.4, -0.2) is 99.2 Å². The third-order valence-corrected chi connectivity index (χ3v) is 5.84. The number of methoxy groups -OCH3 is 3. The van der Waals surface area contributed by atoms with Gasteiger partial charge in [-0.3, -0.25) is 0 Å². The summed E-state index contributed by atoms with van der Waals surface area (Å²) >= 11 is 0. The minimum atomic E-state index is -1.09. The Balaban J connectivity index is 0. The zero-order chi connectivity index (χ0) is 18.7. The van der Waals surface area contributed by atoms with E-state index < -0.39 is 13.2 Å². The summed E-state index contributed by atoms with van der Waals surface area (Å²) in [6.45, 7) is 8.96. The standard InChI is InChI=1S/C10H24O3P.C6H12O4/c1-11-5-6-13-8-10-14(3,4)9-7-12-2;1-9-4-5-10-3-2-6(7)8/h5-10H2,1-4H3;2-5H2,1H3,(H,7,8)/q+1;/p-1. The minimum absolute atomic E-state index is 0.0519. The van der Waals surface area contributed by atoms with Crippen molar-refractivity contribution in [3.05, 3.63) is 0 Å². The topological polar surface area (TPSA) is 86.3 Å². The lowest BCUT2D eigenvalue weighted by atomic mass is 10.5. The van der Waals surface area contributed by atoms with Crippen molar-refractivity contribution in [1.82, 2.24) is 0 Å².